The smallest absolute Gasteiger partial charge is 0.408 e. The van der Waals surface area contributed by atoms with Gasteiger partial charge >= 0.3 is 6.09 Å². The van der Waals surface area contributed by atoms with Crippen LogP contribution in [-0.2, 0) is 9.53 Å². The molecular weight excluding hydrogens is 238 g/mol. The lowest BCUT2D eigenvalue weighted by Crippen LogP contribution is -2.32. The highest BCUT2D eigenvalue weighted by Crippen LogP contribution is 2.34. The largest absolute Gasteiger partial charge is 0.446 e. The molecule has 5 heteroatoms. The first kappa shape index (κ1) is 12.1. The van der Waals surface area contributed by atoms with Gasteiger partial charge in [-0.2, -0.15) is 0 Å². The van der Waals surface area contributed by atoms with E-state index in [1.165, 1.54) is 11.3 Å². The Morgan fingerprint density at radius 3 is 2.94 bits per heavy atom. The van der Waals surface area contributed by atoms with E-state index >= 15 is 0 Å². The van der Waals surface area contributed by atoms with E-state index in [4.69, 9.17) is 4.74 Å². The minimum atomic E-state index is -0.728. The number of amides is 1. The molecule has 1 amide bonds. The summed E-state index contributed by atoms with van der Waals surface area (Å²) in [6.07, 6.45) is 3.40. The van der Waals surface area contributed by atoms with Crippen molar-refractivity contribution < 1.29 is 14.3 Å². The van der Waals surface area contributed by atoms with Crippen LogP contribution < -0.4 is 5.32 Å². The lowest BCUT2D eigenvalue weighted by molar-refractivity contribution is 0.0942. The summed E-state index contributed by atoms with van der Waals surface area (Å²) in [6, 6.07) is 2.88. The van der Waals surface area contributed by atoms with Crippen LogP contribution in [0.5, 0.6) is 0 Å². The molecule has 2 atom stereocenters. The quantitative estimate of drug-likeness (QED) is 0.875. The maximum atomic E-state index is 11.5. The van der Waals surface area contributed by atoms with Crippen molar-refractivity contribution in [1.82, 2.24) is 5.32 Å². The SMILES string of the molecule is CC(OC(=O)NC([C]=O)c1cccs1)C1CC1. The zero-order valence-electron chi connectivity index (χ0n) is 9.51. The summed E-state index contributed by atoms with van der Waals surface area (Å²) in [4.78, 5) is 23.1. The lowest BCUT2D eigenvalue weighted by atomic mass is 10.2. The van der Waals surface area contributed by atoms with Crippen LogP contribution in [0.4, 0.5) is 4.79 Å². The van der Waals surface area contributed by atoms with E-state index in [0.29, 0.717) is 5.92 Å². The molecule has 4 nitrogen and oxygen atoms in total. The molecule has 0 aliphatic heterocycles. The molecule has 1 N–H and O–H groups in total. The third kappa shape index (κ3) is 3.30. The van der Waals surface area contributed by atoms with Gasteiger partial charge < -0.3 is 10.1 Å². The molecule has 1 aromatic rings. The third-order valence-electron chi connectivity index (χ3n) is 2.79. The first-order chi connectivity index (χ1) is 8.20. The van der Waals surface area contributed by atoms with Gasteiger partial charge in [0.05, 0.1) is 0 Å². The molecule has 2 rings (SSSR count). The summed E-state index contributed by atoms with van der Waals surface area (Å²) in [5, 5.41) is 4.36. The Labute approximate surface area is 104 Å². The molecule has 1 saturated carbocycles. The normalized spacial score (nSPS) is 18.2. The van der Waals surface area contributed by atoms with Crippen LogP contribution in [0.25, 0.3) is 0 Å². The molecule has 1 aliphatic carbocycles. The number of thiophene rings is 1. The molecule has 0 aromatic carbocycles. The van der Waals surface area contributed by atoms with Crippen molar-refractivity contribution in [3.05, 3.63) is 22.4 Å². The first-order valence-corrected chi connectivity index (χ1v) is 6.47. The third-order valence-corrected chi connectivity index (χ3v) is 3.72. The Morgan fingerprint density at radius 2 is 2.41 bits per heavy atom. The summed E-state index contributed by atoms with van der Waals surface area (Å²) < 4.78 is 5.18. The molecule has 0 spiro atoms. The highest BCUT2D eigenvalue weighted by molar-refractivity contribution is 7.10. The van der Waals surface area contributed by atoms with Gasteiger partial charge in [-0.1, -0.05) is 6.07 Å². The van der Waals surface area contributed by atoms with Crippen molar-refractivity contribution >= 4 is 23.7 Å². The van der Waals surface area contributed by atoms with Gasteiger partial charge in [0, 0.05) is 4.88 Å². The Bertz CT molecular complexity index is 386. The second-order valence-electron chi connectivity index (χ2n) is 4.16. The number of rotatable bonds is 5. The highest BCUT2D eigenvalue weighted by Gasteiger charge is 2.31. The Kier molecular flexibility index (Phi) is 3.78. The average Bonchev–Trinajstić information content (AvgIpc) is 3.03. The van der Waals surface area contributed by atoms with Crippen LogP contribution in [-0.4, -0.2) is 18.5 Å². The molecule has 0 bridgehead atoms. The van der Waals surface area contributed by atoms with Crippen molar-refractivity contribution in [1.29, 1.82) is 0 Å². The predicted molar refractivity (Wildman–Crippen MR) is 64.6 cm³/mol. The number of alkyl carbamates (subject to hydrolysis) is 1. The molecule has 1 aromatic heterocycles. The van der Waals surface area contributed by atoms with E-state index in [1.807, 2.05) is 18.4 Å². The van der Waals surface area contributed by atoms with Gasteiger partial charge in [-0.25, -0.2) is 4.79 Å². The van der Waals surface area contributed by atoms with E-state index < -0.39 is 12.1 Å². The summed E-state index contributed by atoms with van der Waals surface area (Å²) in [5.41, 5.74) is 0. The fourth-order valence-electron chi connectivity index (χ4n) is 1.60. The van der Waals surface area contributed by atoms with E-state index in [2.05, 4.69) is 5.32 Å². The maximum absolute atomic E-state index is 11.5. The second-order valence-corrected chi connectivity index (χ2v) is 5.14. The van der Waals surface area contributed by atoms with Crippen molar-refractivity contribution in [3.8, 4) is 0 Å². The van der Waals surface area contributed by atoms with E-state index in [0.717, 1.165) is 17.7 Å². The second kappa shape index (κ2) is 5.31. The van der Waals surface area contributed by atoms with Crippen LogP contribution in [0.3, 0.4) is 0 Å². The zero-order valence-corrected chi connectivity index (χ0v) is 10.3. The number of hydrogen-bond acceptors (Lipinski definition) is 4. The Hall–Kier alpha value is -1.36. The summed E-state index contributed by atoms with van der Waals surface area (Å²) in [7, 11) is 0. The van der Waals surface area contributed by atoms with Crippen LogP contribution in [0.1, 0.15) is 30.7 Å². The summed E-state index contributed by atoms with van der Waals surface area (Å²) >= 11 is 1.40. The molecule has 91 valence electrons. The standard InChI is InChI=1S/C12H14NO3S/c1-8(9-4-5-9)16-12(15)13-10(7-14)11-3-2-6-17-11/h2-3,6,8-10H,4-5H2,1H3,(H,13,15). The number of hydrogen-bond donors (Lipinski definition) is 1. The van der Waals surface area contributed by atoms with Crippen LogP contribution >= 0.6 is 11.3 Å². The van der Waals surface area contributed by atoms with Gasteiger partial charge in [0.25, 0.3) is 0 Å². The molecule has 2 unspecified atom stereocenters. The molecule has 1 aliphatic rings. The zero-order chi connectivity index (χ0) is 12.3. The highest BCUT2D eigenvalue weighted by atomic mass is 32.1. The van der Waals surface area contributed by atoms with E-state index in [9.17, 15) is 9.59 Å². The van der Waals surface area contributed by atoms with Crippen molar-refractivity contribution in [3.63, 3.8) is 0 Å². The number of carbonyl (C=O) groups excluding carboxylic acids is 2. The van der Waals surface area contributed by atoms with Gasteiger partial charge in [0.2, 0.25) is 6.29 Å². The average molecular weight is 252 g/mol. The molecule has 0 saturated heterocycles. The van der Waals surface area contributed by atoms with Crippen molar-refractivity contribution in [2.75, 3.05) is 0 Å². The van der Waals surface area contributed by atoms with Gasteiger partial charge in [-0.3, -0.25) is 4.79 Å². The van der Waals surface area contributed by atoms with E-state index in [1.54, 1.807) is 12.4 Å². The lowest BCUT2D eigenvalue weighted by Gasteiger charge is -2.15. The van der Waals surface area contributed by atoms with Crippen LogP contribution in [0.15, 0.2) is 17.5 Å². The number of ether oxygens (including phenoxy) is 1. The van der Waals surface area contributed by atoms with Crippen molar-refractivity contribution in [2.45, 2.75) is 31.9 Å². The number of nitrogens with one attached hydrogen (secondary N) is 1. The predicted octanol–water partition coefficient (Wildman–Crippen LogP) is 2.42. The van der Waals surface area contributed by atoms with Crippen molar-refractivity contribution in [2.24, 2.45) is 5.92 Å². The maximum Gasteiger partial charge on any atom is 0.408 e. The van der Waals surface area contributed by atoms with Crippen LogP contribution in [0.2, 0.25) is 0 Å². The van der Waals surface area contributed by atoms with Gasteiger partial charge in [-0.15, -0.1) is 11.3 Å². The fourth-order valence-corrected chi connectivity index (χ4v) is 2.31. The Morgan fingerprint density at radius 1 is 1.65 bits per heavy atom. The summed E-state index contributed by atoms with van der Waals surface area (Å²) in [6.45, 7) is 1.88. The van der Waals surface area contributed by atoms with Gasteiger partial charge in [-0.05, 0) is 37.1 Å². The monoisotopic (exact) mass is 252 g/mol. The Balaban J connectivity index is 1.85. The minimum Gasteiger partial charge on any atom is -0.446 e. The number of carbonyl (C=O) groups is 1. The molecular formula is C12H14NO3S. The van der Waals surface area contributed by atoms with E-state index in [-0.39, 0.29) is 6.10 Å². The van der Waals surface area contributed by atoms with Gasteiger partial charge in [0.15, 0.2) is 0 Å². The molecule has 1 heterocycles. The summed E-state index contributed by atoms with van der Waals surface area (Å²) in [5.74, 6) is 0.487. The molecule has 1 fully saturated rings. The van der Waals surface area contributed by atoms with Gasteiger partial charge in [0.1, 0.15) is 12.1 Å². The van der Waals surface area contributed by atoms with Crippen LogP contribution in [0, 0.1) is 5.92 Å². The molecule has 1 radical (unpaired) electrons. The fraction of sp³-hybridized carbons (Fsp3) is 0.500. The minimum absolute atomic E-state index is 0.0781. The topological polar surface area (TPSA) is 55.4 Å². The molecule has 17 heavy (non-hydrogen) atoms. The first-order valence-electron chi connectivity index (χ1n) is 5.59.